The van der Waals surface area contributed by atoms with Crippen molar-refractivity contribution < 1.29 is 13.9 Å². The van der Waals surface area contributed by atoms with Gasteiger partial charge in [0.2, 0.25) is 0 Å². The molecule has 0 radical (unpaired) electrons. The molecule has 104 valence electrons. The molecular weight excluding hydrogens is 393 g/mol. The molecule has 0 aliphatic heterocycles. The van der Waals surface area contributed by atoms with Crippen LogP contribution in [-0.4, -0.2) is 13.0 Å². The number of halogens is 3. The van der Waals surface area contributed by atoms with Gasteiger partial charge in [-0.25, -0.2) is 4.39 Å². The summed E-state index contributed by atoms with van der Waals surface area (Å²) in [7, 11) is 1.54. The van der Waals surface area contributed by atoms with Gasteiger partial charge >= 0.3 is 0 Å². The lowest BCUT2D eigenvalue weighted by Crippen LogP contribution is -2.13. The third-order valence-corrected chi connectivity index (χ3v) is 3.90. The summed E-state index contributed by atoms with van der Waals surface area (Å²) >= 11 is 6.50. The standard InChI is InChI=1S/C14H10Br2FNO2/c1-20-12-6-5-8(7-10(12)16)14(19)18-13-9(15)3-2-4-11(13)17/h2-7H,1H3,(H,18,19). The van der Waals surface area contributed by atoms with Crippen LogP contribution in [0.5, 0.6) is 5.75 Å². The van der Waals surface area contributed by atoms with Crippen LogP contribution < -0.4 is 10.1 Å². The number of para-hydroxylation sites is 1. The SMILES string of the molecule is COc1ccc(C(=O)Nc2c(F)cccc2Br)cc1Br. The van der Waals surface area contributed by atoms with Gasteiger partial charge in [0.15, 0.2) is 0 Å². The van der Waals surface area contributed by atoms with Gasteiger partial charge in [-0.3, -0.25) is 4.79 Å². The van der Waals surface area contributed by atoms with E-state index in [1.807, 2.05) is 0 Å². The monoisotopic (exact) mass is 401 g/mol. The van der Waals surface area contributed by atoms with Crippen LogP contribution in [0.4, 0.5) is 10.1 Å². The van der Waals surface area contributed by atoms with Gasteiger partial charge in [-0.2, -0.15) is 0 Å². The van der Waals surface area contributed by atoms with Crippen LogP contribution in [0.3, 0.4) is 0 Å². The van der Waals surface area contributed by atoms with Crippen molar-refractivity contribution >= 4 is 43.5 Å². The summed E-state index contributed by atoms with van der Waals surface area (Å²) in [4.78, 5) is 12.1. The lowest BCUT2D eigenvalue weighted by Gasteiger charge is -2.10. The molecule has 0 aromatic heterocycles. The fourth-order valence-corrected chi connectivity index (χ4v) is 2.59. The molecule has 0 aliphatic rings. The maximum atomic E-state index is 13.7. The van der Waals surface area contributed by atoms with Crippen molar-refractivity contribution in [1.82, 2.24) is 0 Å². The number of nitrogens with one attached hydrogen (secondary N) is 1. The average Bonchev–Trinajstić information content (AvgIpc) is 2.42. The Kier molecular flexibility index (Phi) is 4.77. The maximum absolute atomic E-state index is 13.7. The number of hydrogen-bond acceptors (Lipinski definition) is 2. The van der Waals surface area contributed by atoms with E-state index in [0.29, 0.717) is 20.3 Å². The molecule has 0 saturated heterocycles. The summed E-state index contributed by atoms with van der Waals surface area (Å²) in [6, 6.07) is 9.37. The molecule has 1 amide bonds. The Bertz CT molecular complexity index is 641. The molecule has 0 atom stereocenters. The van der Waals surface area contributed by atoms with Crippen LogP contribution in [0.1, 0.15) is 10.4 Å². The zero-order valence-electron chi connectivity index (χ0n) is 10.4. The molecule has 6 heteroatoms. The summed E-state index contributed by atoms with van der Waals surface area (Å²) < 4.78 is 19.9. The fourth-order valence-electron chi connectivity index (χ4n) is 1.61. The first-order valence-corrected chi connectivity index (χ1v) is 7.20. The molecule has 2 aromatic carbocycles. The summed E-state index contributed by atoms with van der Waals surface area (Å²) in [6.07, 6.45) is 0. The predicted octanol–water partition coefficient (Wildman–Crippen LogP) is 4.61. The number of ether oxygens (including phenoxy) is 1. The van der Waals surface area contributed by atoms with Crippen LogP contribution in [0.15, 0.2) is 45.3 Å². The van der Waals surface area contributed by atoms with E-state index in [0.717, 1.165) is 0 Å². The molecule has 0 saturated carbocycles. The number of carbonyl (C=O) groups is 1. The highest BCUT2D eigenvalue weighted by Gasteiger charge is 2.13. The molecule has 20 heavy (non-hydrogen) atoms. The summed E-state index contributed by atoms with van der Waals surface area (Å²) in [5.41, 5.74) is 0.511. The van der Waals surface area contributed by atoms with Crippen LogP contribution in [-0.2, 0) is 0 Å². The number of rotatable bonds is 3. The lowest BCUT2D eigenvalue weighted by molar-refractivity contribution is 0.102. The van der Waals surface area contributed by atoms with Crippen LogP contribution >= 0.6 is 31.9 Å². The fraction of sp³-hybridized carbons (Fsp3) is 0.0714. The van der Waals surface area contributed by atoms with Gasteiger partial charge in [0.1, 0.15) is 11.6 Å². The first kappa shape index (κ1) is 15.0. The quantitative estimate of drug-likeness (QED) is 0.813. The van der Waals surface area contributed by atoms with Crippen molar-refractivity contribution in [1.29, 1.82) is 0 Å². The van der Waals surface area contributed by atoms with Crippen molar-refractivity contribution in [2.24, 2.45) is 0 Å². The zero-order chi connectivity index (χ0) is 14.7. The highest BCUT2D eigenvalue weighted by Crippen LogP contribution is 2.28. The number of amides is 1. The maximum Gasteiger partial charge on any atom is 0.255 e. The minimum absolute atomic E-state index is 0.115. The first-order valence-electron chi connectivity index (χ1n) is 5.62. The molecule has 0 unspecified atom stereocenters. The molecule has 0 bridgehead atoms. The van der Waals surface area contributed by atoms with E-state index in [1.165, 1.54) is 13.2 Å². The summed E-state index contributed by atoms with van der Waals surface area (Å²) in [5.74, 6) is -0.284. The van der Waals surface area contributed by atoms with Crippen molar-refractivity contribution in [2.75, 3.05) is 12.4 Å². The Labute approximate surface area is 132 Å². The number of carbonyl (C=O) groups excluding carboxylic acids is 1. The van der Waals surface area contributed by atoms with E-state index in [4.69, 9.17) is 4.74 Å². The number of methoxy groups -OCH3 is 1. The first-order chi connectivity index (χ1) is 9.52. The summed E-state index contributed by atoms with van der Waals surface area (Å²) in [5, 5.41) is 2.54. The molecule has 2 rings (SSSR count). The van der Waals surface area contributed by atoms with Crippen molar-refractivity contribution in [2.45, 2.75) is 0 Å². The highest BCUT2D eigenvalue weighted by atomic mass is 79.9. The average molecular weight is 403 g/mol. The van der Waals surface area contributed by atoms with Gasteiger partial charge < -0.3 is 10.1 Å². The van der Waals surface area contributed by atoms with Crippen molar-refractivity contribution in [3.8, 4) is 5.75 Å². The van der Waals surface area contributed by atoms with Gasteiger partial charge in [-0.05, 0) is 62.2 Å². The second-order valence-electron chi connectivity index (χ2n) is 3.90. The van der Waals surface area contributed by atoms with E-state index >= 15 is 0 Å². The highest BCUT2D eigenvalue weighted by molar-refractivity contribution is 9.11. The zero-order valence-corrected chi connectivity index (χ0v) is 13.6. The third-order valence-electron chi connectivity index (χ3n) is 2.62. The van der Waals surface area contributed by atoms with Crippen molar-refractivity contribution in [3.05, 3.63) is 56.7 Å². The number of anilines is 1. The van der Waals surface area contributed by atoms with E-state index in [2.05, 4.69) is 37.2 Å². The third kappa shape index (κ3) is 3.19. The minimum atomic E-state index is -0.500. The lowest BCUT2D eigenvalue weighted by atomic mass is 10.2. The van der Waals surface area contributed by atoms with Gasteiger partial charge in [0, 0.05) is 10.0 Å². The molecule has 0 fully saturated rings. The number of hydrogen-bond donors (Lipinski definition) is 1. The largest absolute Gasteiger partial charge is 0.496 e. The Hall–Kier alpha value is -1.40. The number of benzene rings is 2. The predicted molar refractivity (Wildman–Crippen MR) is 82.7 cm³/mol. The second kappa shape index (κ2) is 6.37. The summed E-state index contributed by atoms with van der Waals surface area (Å²) in [6.45, 7) is 0. The van der Waals surface area contributed by atoms with Crippen LogP contribution in [0.2, 0.25) is 0 Å². The van der Waals surface area contributed by atoms with E-state index < -0.39 is 11.7 Å². The Morgan fingerprint density at radius 1 is 1.20 bits per heavy atom. The minimum Gasteiger partial charge on any atom is -0.496 e. The van der Waals surface area contributed by atoms with Crippen LogP contribution in [0, 0.1) is 5.82 Å². The van der Waals surface area contributed by atoms with E-state index in [-0.39, 0.29) is 5.69 Å². The van der Waals surface area contributed by atoms with Crippen molar-refractivity contribution in [3.63, 3.8) is 0 Å². The van der Waals surface area contributed by atoms with E-state index in [1.54, 1.807) is 30.3 Å². The Morgan fingerprint density at radius 2 is 1.95 bits per heavy atom. The molecule has 2 aromatic rings. The Balaban J connectivity index is 2.26. The van der Waals surface area contributed by atoms with Gasteiger partial charge in [0.25, 0.3) is 5.91 Å². The van der Waals surface area contributed by atoms with Gasteiger partial charge in [0.05, 0.1) is 17.3 Å². The van der Waals surface area contributed by atoms with E-state index in [9.17, 15) is 9.18 Å². The molecule has 0 aliphatic carbocycles. The molecule has 0 spiro atoms. The smallest absolute Gasteiger partial charge is 0.255 e. The molecule has 3 nitrogen and oxygen atoms in total. The van der Waals surface area contributed by atoms with Crippen LogP contribution in [0.25, 0.3) is 0 Å². The topological polar surface area (TPSA) is 38.3 Å². The molecule has 0 heterocycles. The second-order valence-corrected chi connectivity index (χ2v) is 5.61. The normalized spacial score (nSPS) is 10.2. The van der Waals surface area contributed by atoms with Gasteiger partial charge in [-0.15, -0.1) is 0 Å². The molecular formula is C14H10Br2FNO2. The Morgan fingerprint density at radius 3 is 2.55 bits per heavy atom. The van der Waals surface area contributed by atoms with Gasteiger partial charge in [-0.1, -0.05) is 6.07 Å². The molecule has 1 N–H and O–H groups in total.